The summed E-state index contributed by atoms with van der Waals surface area (Å²) in [4.78, 5) is 0. The van der Waals surface area contributed by atoms with Gasteiger partial charge in [0.2, 0.25) is 0 Å². The molecule has 0 aromatic heterocycles. The van der Waals surface area contributed by atoms with E-state index in [1.807, 2.05) is 6.08 Å². The van der Waals surface area contributed by atoms with Gasteiger partial charge in [0.1, 0.15) is 0 Å². The minimum atomic E-state index is -0.351. The van der Waals surface area contributed by atoms with Gasteiger partial charge in [0.25, 0.3) is 0 Å². The molecule has 5 atom stereocenters. The molecule has 0 spiro atoms. The molecule has 2 saturated carbocycles. The summed E-state index contributed by atoms with van der Waals surface area (Å²) in [5.74, 6) is 1.39. The predicted molar refractivity (Wildman–Crippen MR) is 91.4 cm³/mol. The third kappa shape index (κ3) is 4.60. The van der Waals surface area contributed by atoms with Crippen molar-refractivity contribution in [1.29, 1.82) is 0 Å². The molecule has 2 rings (SSSR count). The summed E-state index contributed by atoms with van der Waals surface area (Å²) in [5, 5.41) is 23.7. The normalized spacial score (nSPS) is 34.5. The third-order valence-electron chi connectivity index (χ3n) is 5.28. The van der Waals surface area contributed by atoms with E-state index in [1.165, 1.54) is 18.4 Å². The van der Waals surface area contributed by atoms with Gasteiger partial charge >= 0.3 is 0 Å². The minimum Gasteiger partial charge on any atom is -0.392 e. The van der Waals surface area contributed by atoms with Gasteiger partial charge in [-0.05, 0) is 50.6 Å². The van der Waals surface area contributed by atoms with Crippen LogP contribution in [-0.2, 0) is 0 Å². The molecule has 0 saturated heterocycles. The molecular formula is C19H33NO2. The van der Waals surface area contributed by atoms with E-state index in [2.05, 4.69) is 31.4 Å². The Morgan fingerprint density at radius 3 is 2.82 bits per heavy atom. The van der Waals surface area contributed by atoms with Crippen molar-refractivity contribution >= 4 is 0 Å². The number of unbranched alkanes of at least 4 members (excludes halogenated alkanes) is 2. The van der Waals surface area contributed by atoms with E-state index >= 15 is 0 Å². The van der Waals surface area contributed by atoms with Crippen molar-refractivity contribution in [3.63, 3.8) is 0 Å². The maximum Gasteiger partial charge on any atom is 0.0721 e. The molecule has 2 aliphatic rings. The van der Waals surface area contributed by atoms with Gasteiger partial charge in [-0.15, -0.1) is 0 Å². The molecule has 2 fully saturated rings. The molecule has 0 radical (unpaired) electrons. The molecule has 3 heteroatoms. The smallest absolute Gasteiger partial charge is 0.0721 e. The summed E-state index contributed by atoms with van der Waals surface area (Å²) in [7, 11) is 0. The van der Waals surface area contributed by atoms with Crippen LogP contribution in [0.15, 0.2) is 23.9 Å². The number of nitrogens with one attached hydrogen (secondary N) is 1. The molecule has 0 unspecified atom stereocenters. The molecule has 2 aliphatic carbocycles. The van der Waals surface area contributed by atoms with E-state index in [0.717, 1.165) is 38.6 Å². The summed E-state index contributed by atoms with van der Waals surface area (Å²) in [6.45, 7) is 5.26. The van der Waals surface area contributed by atoms with Crippen LogP contribution in [0.5, 0.6) is 0 Å². The second-order valence-corrected chi connectivity index (χ2v) is 7.02. The van der Waals surface area contributed by atoms with Crippen LogP contribution in [0.2, 0.25) is 0 Å². The molecule has 126 valence electrons. The lowest BCUT2D eigenvalue weighted by Crippen LogP contribution is -2.17. The first-order valence-electron chi connectivity index (χ1n) is 9.11. The second kappa shape index (κ2) is 8.73. The van der Waals surface area contributed by atoms with Crippen LogP contribution in [0.1, 0.15) is 58.8 Å². The Bertz CT molecular complexity index is 391. The van der Waals surface area contributed by atoms with Gasteiger partial charge < -0.3 is 15.5 Å². The molecule has 0 bridgehead atoms. The predicted octanol–water partition coefficient (Wildman–Crippen LogP) is 3.38. The first kappa shape index (κ1) is 17.6. The highest BCUT2D eigenvalue weighted by Crippen LogP contribution is 2.50. The summed E-state index contributed by atoms with van der Waals surface area (Å²) >= 11 is 0. The zero-order chi connectivity index (χ0) is 15.9. The monoisotopic (exact) mass is 307 g/mol. The van der Waals surface area contributed by atoms with Crippen LogP contribution in [0.3, 0.4) is 0 Å². The topological polar surface area (TPSA) is 52.5 Å². The van der Waals surface area contributed by atoms with Crippen molar-refractivity contribution in [2.45, 2.75) is 71.0 Å². The lowest BCUT2D eigenvalue weighted by molar-refractivity contribution is 0.139. The Kier molecular flexibility index (Phi) is 6.97. The van der Waals surface area contributed by atoms with E-state index in [4.69, 9.17) is 0 Å². The van der Waals surface area contributed by atoms with E-state index in [-0.39, 0.29) is 18.1 Å². The molecule has 0 aromatic rings. The lowest BCUT2D eigenvalue weighted by atomic mass is 9.90. The van der Waals surface area contributed by atoms with Crippen LogP contribution >= 0.6 is 0 Å². The highest BCUT2D eigenvalue weighted by Gasteiger charge is 2.45. The van der Waals surface area contributed by atoms with Crippen LogP contribution in [0.4, 0.5) is 0 Å². The van der Waals surface area contributed by atoms with E-state index < -0.39 is 0 Å². The largest absolute Gasteiger partial charge is 0.392 e. The summed E-state index contributed by atoms with van der Waals surface area (Å²) in [6, 6.07) is 0. The average molecular weight is 307 g/mol. The maximum absolute atomic E-state index is 10.3. The molecular weight excluding hydrogens is 274 g/mol. The molecule has 3 N–H and O–H groups in total. The van der Waals surface area contributed by atoms with Crippen molar-refractivity contribution in [1.82, 2.24) is 5.32 Å². The van der Waals surface area contributed by atoms with Crippen molar-refractivity contribution in [2.75, 3.05) is 6.54 Å². The van der Waals surface area contributed by atoms with Crippen molar-refractivity contribution < 1.29 is 10.2 Å². The number of hydrogen-bond acceptors (Lipinski definition) is 3. The fourth-order valence-electron chi connectivity index (χ4n) is 4.09. The van der Waals surface area contributed by atoms with Crippen molar-refractivity contribution in [3.05, 3.63) is 23.9 Å². The number of aliphatic hydroxyl groups excluding tert-OH is 2. The Labute approximate surface area is 135 Å². The van der Waals surface area contributed by atoms with Crippen molar-refractivity contribution in [3.8, 4) is 0 Å². The average Bonchev–Trinajstić information content (AvgIpc) is 3.00. The molecule has 3 nitrogen and oxygen atoms in total. The molecule has 0 aliphatic heterocycles. The van der Waals surface area contributed by atoms with Gasteiger partial charge in [0.15, 0.2) is 0 Å². The first-order chi connectivity index (χ1) is 10.7. The lowest BCUT2D eigenvalue weighted by Gasteiger charge is -2.17. The van der Waals surface area contributed by atoms with Crippen LogP contribution < -0.4 is 5.32 Å². The minimum absolute atomic E-state index is 0.221. The molecule has 0 amide bonds. The van der Waals surface area contributed by atoms with Gasteiger partial charge in [0.05, 0.1) is 12.2 Å². The Morgan fingerprint density at radius 1 is 1.27 bits per heavy atom. The van der Waals surface area contributed by atoms with Crippen LogP contribution in [0, 0.1) is 17.8 Å². The van der Waals surface area contributed by atoms with E-state index in [9.17, 15) is 10.2 Å². The number of hydrogen-bond donors (Lipinski definition) is 3. The second-order valence-electron chi connectivity index (χ2n) is 7.02. The van der Waals surface area contributed by atoms with Gasteiger partial charge in [-0.1, -0.05) is 43.9 Å². The summed E-state index contributed by atoms with van der Waals surface area (Å²) in [6.07, 6.45) is 13.0. The Balaban J connectivity index is 1.87. The highest BCUT2D eigenvalue weighted by molar-refractivity contribution is 5.17. The Morgan fingerprint density at radius 2 is 2.09 bits per heavy atom. The fraction of sp³-hybridized carbons (Fsp3) is 0.789. The quantitative estimate of drug-likeness (QED) is 0.476. The maximum atomic E-state index is 10.3. The summed E-state index contributed by atoms with van der Waals surface area (Å²) < 4.78 is 0. The van der Waals surface area contributed by atoms with E-state index in [0.29, 0.717) is 11.8 Å². The standard InChI is InChI=1S/C19H33NO2/c1-3-5-6-7-16(21)8-9-17-18-11-14(13-20-4-2)10-15(18)12-19(17)22/h8-9,13,15-22H,3-7,10-12H2,1-2H3/t15-,16-,17+,18-,19+/m0/s1. The third-order valence-corrected chi connectivity index (χ3v) is 5.28. The first-order valence-corrected chi connectivity index (χ1v) is 9.11. The Hall–Kier alpha value is -0.800. The molecule has 0 aromatic carbocycles. The summed E-state index contributed by atoms with van der Waals surface area (Å²) in [5.41, 5.74) is 1.49. The molecule has 0 heterocycles. The van der Waals surface area contributed by atoms with E-state index in [1.54, 1.807) is 0 Å². The number of fused-ring (bicyclic) bond motifs is 1. The zero-order valence-corrected chi connectivity index (χ0v) is 14.2. The van der Waals surface area contributed by atoms with Crippen LogP contribution in [-0.4, -0.2) is 29.0 Å². The van der Waals surface area contributed by atoms with Gasteiger partial charge in [-0.3, -0.25) is 0 Å². The van der Waals surface area contributed by atoms with Gasteiger partial charge in [-0.25, -0.2) is 0 Å². The zero-order valence-electron chi connectivity index (χ0n) is 14.2. The number of allylic oxidation sites excluding steroid dienone is 1. The number of aliphatic hydroxyl groups is 2. The van der Waals surface area contributed by atoms with Gasteiger partial charge in [-0.2, -0.15) is 0 Å². The van der Waals surface area contributed by atoms with Gasteiger partial charge in [0, 0.05) is 12.5 Å². The fourth-order valence-corrected chi connectivity index (χ4v) is 4.09. The SMILES string of the molecule is CCCCC[C@H](O)C=C[C@@H]1[C@H]2CC(=CNCC)C[C@H]2C[C@H]1O. The van der Waals surface area contributed by atoms with Crippen LogP contribution in [0.25, 0.3) is 0 Å². The highest BCUT2D eigenvalue weighted by atomic mass is 16.3. The molecule has 22 heavy (non-hydrogen) atoms. The van der Waals surface area contributed by atoms with Crippen molar-refractivity contribution in [2.24, 2.45) is 17.8 Å². The number of rotatable bonds is 8.